The van der Waals surface area contributed by atoms with Crippen molar-refractivity contribution in [3.05, 3.63) is 29.3 Å². The maximum Gasteiger partial charge on any atom is 0.252 e. The van der Waals surface area contributed by atoms with Crippen molar-refractivity contribution in [3.8, 4) is 0 Å². The standard InChI is InChI=1S/C16H21N3O3/c1-11-4-3-5-12(2)15(11)19-14(20)10-13(16(19)21)17-18-6-8-22-9-7-18/h3-5,13,17H,6-10H2,1-2H3/t13-/m0/s1. The minimum Gasteiger partial charge on any atom is -0.379 e. The topological polar surface area (TPSA) is 61.9 Å². The lowest BCUT2D eigenvalue weighted by Gasteiger charge is -2.29. The van der Waals surface area contributed by atoms with Crippen LogP contribution in [0.25, 0.3) is 0 Å². The fourth-order valence-electron chi connectivity index (χ4n) is 3.04. The number of ether oxygens (including phenoxy) is 1. The van der Waals surface area contributed by atoms with Crippen LogP contribution >= 0.6 is 0 Å². The number of carbonyl (C=O) groups is 2. The van der Waals surface area contributed by atoms with Gasteiger partial charge in [-0.25, -0.2) is 15.3 Å². The molecule has 1 atom stereocenters. The molecule has 2 heterocycles. The van der Waals surface area contributed by atoms with Crippen molar-refractivity contribution in [2.75, 3.05) is 31.2 Å². The van der Waals surface area contributed by atoms with Crippen LogP contribution in [0.4, 0.5) is 5.69 Å². The SMILES string of the molecule is Cc1cccc(C)c1N1C(=O)C[C@H](NN2CCOCC2)C1=O. The van der Waals surface area contributed by atoms with Gasteiger partial charge in [0.15, 0.2) is 0 Å². The van der Waals surface area contributed by atoms with Gasteiger partial charge in [-0.05, 0) is 25.0 Å². The normalized spacial score (nSPS) is 23.4. The van der Waals surface area contributed by atoms with Gasteiger partial charge in [-0.3, -0.25) is 9.59 Å². The molecule has 0 aliphatic carbocycles. The number of morpholine rings is 1. The summed E-state index contributed by atoms with van der Waals surface area (Å²) in [5, 5.41) is 1.97. The van der Waals surface area contributed by atoms with Crippen LogP contribution in [0.5, 0.6) is 0 Å². The third-order valence-electron chi connectivity index (χ3n) is 4.16. The average Bonchev–Trinajstić information content (AvgIpc) is 2.76. The van der Waals surface area contributed by atoms with E-state index in [2.05, 4.69) is 5.43 Å². The first kappa shape index (κ1) is 15.1. The van der Waals surface area contributed by atoms with Gasteiger partial charge in [0.2, 0.25) is 5.91 Å². The number of nitrogens with one attached hydrogen (secondary N) is 1. The van der Waals surface area contributed by atoms with Crippen molar-refractivity contribution in [2.45, 2.75) is 26.3 Å². The summed E-state index contributed by atoms with van der Waals surface area (Å²) in [5.74, 6) is -0.318. The van der Waals surface area contributed by atoms with Gasteiger partial charge in [0.05, 0.1) is 25.3 Å². The van der Waals surface area contributed by atoms with Crippen LogP contribution in [0.1, 0.15) is 17.5 Å². The molecule has 6 nitrogen and oxygen atoms in total. The Kier molecular flexibility index (Phi) is 4.24. The summed E-state index contributed by atoms with van der Waals surface area (Å²) < 4.78 is 5.29. The Morgan fingerprint density at radius 3 is 2.41 bits per heavy atom. The van der Waals surface area contributed by atoms with Gasteiger partial charge in [0.25, 0.3) is 5.91 Å². The molecule has 0 radical (unpaired) electrons. The molecule has 1 aromatic carbocycles. The van der Waals surface area contributed by atoms with Crippen LogP contribution in [0.15, 0.2) is 18.2 Å². The monoisotopic (exact) mass is 303 g/mol. The van der Waals surface area contributed by atoms with Crippen molar-refractivity contribution < 1.29 is 14.3 Å². The van der Waals surface area contributed by atoms with Crippen LogP contribution in [-0.4, -0.2) is 49.2 Å². The van der Waals surface area contributed by atoms with Crippen LogP contribution < -0.4 is 10.3 Å². The molecule has 2 saturated heterocycles. The first-order valence-corrected chi connectivity index (χ1v) is 7.60. The van der Waals surface area contributed by atoms with Crippen LogP contribution in [0.3, 0.4) is 0 Å². The number of imide groups is 1. The quantitative estimate of drug-likeness (QED) is 0.836. The number of hydrazine groups is 1. The highest BCUT2D eigenvalue weighted by molar-refractivity contribution is 6.23. The van der Waals surface area contributed by atoms with E-state index in [4.69, 9.17) is 4.74 Å². The fourth-order valence-corrected chi connectivity index (χ4v) is 3.04. The van der Waals surface area contributed by atoms with E-state index in [1.165, 1.54) is 4.90 Å². The molecule has 0 saturated carbocycles. The minimum atomic E-state index is -0.482. The zero-order valence-electron chi connectivity index (χ0n) is 13.0. The summed E-state index contributed by atoms with van der Waals surface area (Å²) in [4.78, 5) is 26.4. The molecule has 1 N–H and O–H groups in total. The number of anilines is 1. The first-order chi connectivity index (χ1) is 10.6. The number of hydrogen-bond donors (Lipinski definition) is 1. The summed E-state index contributed by atoms with van der Waals surface area (Å²) in [7, 11) is 0. The lowest BCUT2D eigenvalue weighted by atomic mass is 10.1. The Hall–Kier alpha value is -1.76. The summed E-state index contributed by atoms with van der Waals surface area (Å²) in [6.45, 7) is 6.57. The molecule has 2 fully saturated rings. The molecular formula is C16H21N3O3. The highest BCUT2D eigenvalue weighted by Gasteiger charge is 2.41. The van der Waals surface area contributed by atoms with Gasteiger partial charge in [0.1, 0.15) is 6.04 Å². The Labute approximate surface area is 130 Å². The second-order valence-electron chi connectivity index (χ2n) is 5.79. The summed E-state index contributed by atoms with van der Waals surface area (Å²) in [5.41, 5.74) is 5.78. The molecule has 118 valence electrons. The number of para-hydroxylation sites is 1. The lowest BCUT2D eigenvalue weighted by molar-refractivity contribution is -0.122. The van der Waals surface area contributed by atoms with Crippen molar-refractivity contribution in [1.29, 1.82) is 0 Å². The van der Waals surface area contributed by atoms with E-state index in [1.54, 1.807) is 0 Å². The number of nitrogens with zero attached hydrogens (tertiary/aromatic N) is 2. The molecule has 22 heavy (non-hydrogen) atoms. The first-order valence-electron chi connectivity index (χ1n) is 7.60. The van der Waals surface area contributed by atoms with Crippen LogP contribution in [-0.2, 0) is 14.3 Å². The van der Waals surface area contributed by atoms with Gasteiger partial charge in [-0.1, -0.05) is 18.2 Å². The highest BCUT2D eigenvalue weighted by Crippen LogP contribution is 2.29. The second-order valence-corrected chi connectivity index (χ2v) is 5.79. The molecule has 3 rings (SSSR count). The molecule has 0 bridgehead atoms. The van der Waals surface area contributed by atoms with Crippen LogP contribution in [0.2, 0.25) is 0 Å². The number of carbonyl (C=O) groups excluding carboxylic acids is 2. The van der Waals surface area contributed by atoms with E-state index in [1.807, 2.05) is 37.1 Å². The molecular weight excluding hydrogens is 282 g/mol. The lowest BCUT2D eigenvalue weighted by Crippen LogP contribution is -2.52. The smallest absolute Gasteiger partial charge is 0.252 e. The summed E-state index contributed by atoms with van der Waals surface area (Å²) >= 11 is 0. The van der Waals surface area contributed by atoms with E-state index >= 15 is 0 Å². The fraction of sp³-hybridized carbons (Fsp3) is 0.500. The predicted molar refractivity (Wildman–Crippen MR) is 82.3 cm³/mol. The summed E-state index contributed by atoms with van der Waals surface area (Å²) in [6.07, 6.45) is 0.198. The Morgan fingerprint density at radius 2 is 1.77 bits per heavy atom. The zero-order chi connectivity index (χ0) is 15.7. The summed E-state index contributed by atoms with van der Waals surface area (Å²) in [6, 6.07) is 5.30. The van der Waals surface area contributed by atoms with Crippen molar-refractivity contribution in [2.24, 2.45) is 0 Å². The van der Waals surface area contributed by atoms with E-state index in [-0.39, 0.29) is 18.2 Å². The molecule has 0 unspecified atom stereocenters. The molecule has 6 heteroatoms. The molecule has 0 aromatic heterocycles. The van der Waals surface area contributed by atoms with E-state index in [0.717, 1.165) is 29.9 Å². The average molecular weight is 303 g/mol. The highest BCUT2D eigenvalue weighted by atomic mass is 16.5. The van der Waals surface area contributed by atoms with Gasteiger partial charge in [0, 0.05) is 13.1 Å². The van der Waals surface area contributed by atoms with Crippen molar-refractivity contribution in [3.63, 3.8) is 0 Å². The predicted octanol–water partition coefficient (Wildman–Crippen LogP) is 0.772. The Bertz CT molecular complexity index is 576. The Morgan fingerprint density at radius 1 is 1.14 bits per heavy atom. The number of aryl methyl sites for hydroxylation is 2. The number of hydrogen-bond acceptors (Lipinski definition) is 5. The maximum absolute atomic E-state index is 12.7. The van der Waals surface area contributed by atoms with E-state index in [9.17, 15) is 9.59 Å². The maximum atomic E-state index is 12.7. The minimum absolute atomic E-state index is 0.145. The molecule has 2 aliphatic rings. The number of benzene rings is 1. The van der Waals surface area contributed by atoms with Crippen molar-refractivity contribution >= 4 is 17.5 Å². The van der Waals surface area contributed by atoms with Gasteiger partial charge in [-0.2, -0.15) is 0 Å². The number of rotatable bonds is 3. The van der Waals surface area contributed by atoms with Crippen LogP contribution in [0, 0.1) is 13.8 Å². The van der Waals surface area contributed by atoms with Gasteiger partial charge in [-0.15, -0.1) is 0 Å². The van der Waals surface area contributed by atoms with Crippen molar-refractivity contribution in [1.82, 2.24) is 10.4 Å². The molecule has 2 amide bonds. The third kappa shape index (κ3) is 2.77. The van der Waals surface area contributed by atoms with Gasteiger partial charge >= 0.3 is 0 Å². The molecule has 2 aliphatic heterocycles. The number of amides is 2. The van der Waals surface area contributed by atoms with E-state index < -0.39 is 6.04 Å². The van der Waals surface area contributed by atoms with Gasteiger partial charge < -0.3 is 4.74 Å². The third-order valence-corrected chi connectivity index (χ3v) is 4.16. The van der Waals surface area contributed by atoms with E-state index in [0.29, 0.717) is 13.2 Å². The second kappa shape index (κ2) is 6.16. The largest absolute Gasteiger partial charge is 0.379 e. The molecule has 0 spiro atoms. The molecule has 1 aromatic rings. The Balaban J connectivity index is 1.79. The zero-order valence-corrected chi connectivity index (χ0v) is 13.0.